The van der Waals surface area contributed by atoms with Crippen LogP contribution in [0.15, 0.2) is 77.2 Å². The van der Waals surface area contributed by atoms with Gasteiger partial charge in [0.05, 0.1) is 0 Å². The first-order valence-corrected chi connectivity index (χ1v) is 8.68. The van der Waals surface area contributed by atoms with Gasteiger partial charge in [0.1, 0.15) is 11.3 Å². The maximum Gasteiger partial charge on any atom is 0.255 e. The van der Waals surface area contributed by atoms with E-state index in [1.54, 1.807) is 30.3 Å². The van der Waals surface area contributed by atoms with Gasteiger partial charge in [-0.2, -0.15) is 0 Å². The number of nitrogens with one attached hydrogen (secondary N) is 1. The van der Waals surface area contributed by atoms with Crippen LogP contribution in [0.3, 0.4) is 0 Å². The van der Waals surface area contributed by atoms with E-state index in [9.17, 15) is 9.18 Å². The number of halogens is 1. The van der Waals surface area contributed by atoms with E-state index in [1.165, 1.54) is 17.7 Å². The Balaban J connectivity index is 1.49. The summed E-state index contributed by atoms with van der Waals surface area (Å²) in [7, 11) is 0. The van der Waals surface area contributed by atoms with Gasteiger partial charge in [0, 0.05) is 17.7 Å². The normalized spacial score (nSPS) is 10.9. The van der Waals surface area contributed by atoms with Gasteiger partial charge in [0.2, 0.25) is 0 Å². The van der Waals surface area contributed by atoms with E-state index in [-0.39, 0.29) is 5.91 Å². The Labute approximate surface area is 155 Å². The van der Waals surface area contributed by atoms with Gasteiger partial charge in [0.25, 0.3) is 5.91 Å². The third-order valence-corrected chi connectivity index (χ3v) is 4.25. The summed E-state index contributed by atoms with van der Waals surface area (Å²) in [6.45, 7) is 0. The van der Waals surface area contributed by atoms with Crippen LogP contribution < -0.4 is 5.32 Å². The van der Waals surface area contributed by atoms with Crippen LogP contribution in [0, 0.1) is 5.82 Å². The van der Waals surface area contributed by atoms with Gasteiger partial charge >= 0.3 is 0 Å². The first kappa shape index (κ1) is 17.0. The average molecular weight is 360 g/mol. The van der Waals surface area contributed by atoms with Crippen molar-refractivity contribution in [3.8, 4) is 0 Å². The topological polar surface area (TPSA) is 55.1 Å². The Morgan fingerprint density at radius 3 is 2.63 bits per heavy atom. The number of amides is 1. The number of aryl methyl sites for hydroxylation is 2. The van der Waals surface area contributed by atoms with E-state index in [0.29, 0.717) is 34.7 Å². The van der Waals surface area contributed by atoms with Crippen molar-refractivity contribution in [3.05, 3.63) is 95.6 Å². The molecule has 0 radical (unpaired) electrons. The largest absolute Gasteiger partial charge is 0.441 e. The predicted octanol–water partition coefficient (Wildman–Crippen LogP) is 5.00. The number of anilines is 1. The number of fused-ring (bicyclic) bond motifs is 1. The smallest absolute Gasteiger partial charge is 0.255 e. The molecule has 0 saturated heterocycles. The summed E-state index contributed by atoms with van der Waals surface area (Å²) in [5.41, 5.74) is 3.32. The van der Waals surface area contributed by atoms with Gasteiger partial charge in [-0.15, -0.1) is 0 Å². The number of oxazole rings is 1. The van der Waals surface area contributed by atoms with E-state index in [0.717, 1.165) is 6.42 Å². The highest BCUT2D eigenvalue weighted by molar-refractivity contribution is 6.05. The second kappa shape index (κ2) is 7.41. The number of nitrogens with zero attached hydrogens (tertiary/aromatic N) is 1. The summed E-state index contributed by atoms with van der Waals surface area (Å²) in [5, 5.41) is 2.68. The first-order valence-electron chi connectivity index (χ1n) is 8.68. The second-order valence-electron chi connectivity index (χ2n) is 6.24. The maximum atomic E-state index is 13.3. The number of hydrogen-bond donors (Lipinski definition) is 1. The molecule has 1 aromatic heterocycles. The molecule has 0 saturated carbocycles. The van der Waals surface area contributed by atoms with Gasteiger partial charge in [-0.1, -0.05) is 36.4 Å². The van der Waals surface area contributed by atoms with Crippen LogP contribution in [-0.4, -0.2) is 10.9 Å². The number of hydrogen-bond acceptors (Lipinski definition) is 3. The minimum Gasteiger partial charge on any atom is -0.441 e. The SMILES string of the molecule is O=C(Nc1cccc(F)c1)c1ccc2nc(CCc3ccccc3)oc2c1. The summed E-state index contributed by atoms with van der Waals surface area (Å²) < 4.78 is 19.1. The Bertz CT molecular complexity index is 1090. The predicted molar refractivity (Wildman–Crippen MR) is 102 cm³/mol. The molecule has 3 aromatic carbocycles. The number of rotatable bonds is 5. The van der Waals surface area contributed by atoms with Crippen molar-refractivity contribution >= 4 is 22.7 Å². The lowest BCUT2D eigenvalue weighted by Gasteiger charge is -2.05. The standard InChI is InChI=1S/C22H17FN2O2/c23-17-7-4-8-18(14-17)24-22(26)16-10-11-19-20(13-16)27-21(25-19)12-9-15-5-2-1-3-6-15/h1-8,10-11,13-14H,9,12H2,(H,24,26). The van der Waals surface area contributed by atoms with Gasteiger partial charge in [-0.05, 0) is 48.4 Å². The summed E-state index contributed by atoms with van der Waals surface area (Å²) in [6.07, 6.45) is 1.52. The molecule has 0 fully saturated rings. The number of aromatic nitrogens is 1. The fourth-order valence-corrected chi connectivity index (χ4v) is 2.89. The summed E-state index contributed by atoms with van der Waals surface area (Å²) in [5.74, 6) is -0.0946. The first-order chi connectivity index (χ1) is 13.2. The molecule has 0 atom stereocenters. The molecule has 0 bridgehead atoms. The molecule has 0 aliphatic rings. The summed E-state index contributed by atoms with van der Waals surface area (Å²) >= 11 is 0. The van der Waals surface area contributed by atoms with Crippen LogP contribution in [0.4, 0.5) is 10.1 Å². The van der Waals surface area contributed by atoms with Crippen molar-refractivity contribution in [2.24, 2.45) is 0 Å². The average Bonchev–Trinajstić information content (AvgIpc) is 3.09. The lowest BCUT2D eigenvalue weighted by atomic mass is 10.1. The van der Waals surface area contributed by atoms with E-state index in [4.69, 9.17) is 4.42 Å². The quantitative estimate of drug-likeness (QED) is 0.545. The van der Waals surface area contributed by atoms with Crippen LogP contribution in [0.5, 0.6) is 0 Å². The molecule has 1 heterocycles. The minimum atomic E-state index is -0.401. The van der Waals surface area contributed by atoms with Crippen LogP contribution in [0.1, 0.15) is 21.8 Å². The highest BCUT2D eigenvalue weighted by atomic mass is 19.1. The van der Waals surface area contributed by atoms with E-state index in [2.05, 4.69) is 22.4 Å². The van der Waals surface area contributed by atoms with E-state index < -0.39 is 5.82 Å². The highest BCUT2D eigenvalue weighted by Crippen LogP contribution is 2.20. The van der Waals surface area contributed by atoms with Gasteiger partial charge in [0.15, 0.2) is 11.5 Å². The van der Waals surface area contributed by atoms with Crippen molar-refractivity contribution < 1.29 is 13.6 Å². The Morgan fingerprint density at radius 1 is 0.963 bits per heavy atom. The monoisotopic (exact) mass is 360 g/mol. The molecule has 0 aliphatic heterocycles. The summed E-state index contributed by atoms with van der Waals surface area (Å²) in [6, 6.07) is 21.0. The van der Waals surface area contributed by atoms with Crippen LogP contribution in [-0.2, 0) is 12.8 Å². The Kier molecular flexibility index (Phi) is 4.66. The zero-order valence-electron chi connectivity index (χ0n) is 14.5. The van der Waals surface area contributed by atoms with Crippen LogP contribution in [0.2, 0.25) is 0 Å². The molecule has 0 aliphatic carbocycles. The third kappa shape index (κ3) is 4.03. The molecule has 1 amide bonds. The number of benzene rings is 3. The maximum absolute atomic E-state index is 13.3. The molecule has 134 valence electrons. The molecular formula is C22H17FN2O2. The molecule has 4 nitrogen and oxygen atoms in total. The minimum absolute atomic E-state index is 0.329. The molecular weight excluding hydrogens is 343 g/mol. The molecule has 1 N–H and O–H groups in total. The Morgan fingerprint density at radius 2 is 1.81 bits per heavy atom. The zero-order valence-corrected chi connectivity index (χ0v) is 14.5. The van der Waals surface area contributed by atoms with Crippen LogP contribution in [0.25, 0.3) is 11.1 Å². The fraction of sp³-hybridized carbons (Fsp3) is 0.0909. The molecule has 0 unspecified atom stereocenters. The van der Waals surface area contributed by atoms with Gasteiger partial charge < -0.3 is 9.73 Å². The van der Waals surface area contributed by atoms with Crippen LogP contribution >= 0.6 is 0 Å². The fourth-order valence-electron chi connectivity index (χ4n) is 2.89. The number of carbonyl (C=O) groups excluding carboxylic acids is 1. The molecule has 4 rings (SSSR count). The lowest BCUT2D eigenvalue weighted by Crippen LogP contribution is -2.11. The van der Waals surface area contributed by atoms with E-state index >= 15 is 0 Å². The van der Waals surface area contributed by atoms with Crippen molar-refractivity contribution in [1.29, 1.82) is 0 Å². The van der Waals surface area contributed by atoms with Crippen molar-refractivity contribution in [1.82, 2.24) is 4.98 Å². The highest BCUT2D eigenvalue weighted by Gasteiger charge is 2.11. The lowest BCUT2D eigenvalue weighted by molar-refractivity contribution is 0.102. The van der Waals surface area contributed by atoms with Crippen molar-refractivity contribution in [2.45, 2.75) is 12.8 Å². The van der Waals surface area contributed by atoms with Crippen molar-refractivity contribution in [2.75, 3.05) is 5.32 Å². The number of carbonyl (C=O) groups is 1. The van der Waals surface area contributed by atoms with Crippen molar-refractivity contribution in [3.63, 3.8) is 0 Å². The summed E-state index contributed by atoms with van der Waals surface area (Å²) in [4.78, 5) is 16.9. The zero-order chi connectivity index (χ0) is 18.6. The molecule has 4 aromatic rings. The van der Waals surface area contributed by atoms with Gasteiger partial charge in [-0.25, -0.2) is 9.37 Å². The van der Waals surface area contributed by atoms with E-state index in [1.807, 2.05) is 18.2 Å². The Hall–Kier alpha value is -3.47. The third-order valence-electron chi connectivity index (χ3n) is 4.25. The molecule has 27 heavy (non-hydrogen) atoms. The molecule has 5 heteroatoms. The molecule has 0 spiro atoms. The second-order valence-corrected chi connectivity index (χ2v) is 6.24. The van der Waals surface area contributed by atoms with Gasteiger partial charge in [-0.3, -0.25) is 4.79 Å².